The van der Waals surface area contributed by atoms with E-state index in [4.69, 9.17) is 14.9 Å². The van der Waals surface area contributed by atoms with Crippen molar-refractivity contribution in [2.45, 2.75) is 12.6 Å². The normalized spacial score (nSPS) is 12.6. The molecule has 0 aliphatic heterocycles. The van der Waals surface area contributed by atoms with Crippen molar-refractivity contribution in [3.05, 3.63) is 23.8 Å². The topological polar surface area (TPSA) is 82.0 Å². The highest BCUT2D eigenvalue weighted by atomic mass is 16.5. The van der Waals surface area contributed by atoms with E-state index in [-0.39, 0.29) is 24.1 Å². The van der Waals surface area contributed by atoms with Gasteiger partial charge in [-0.2, -0.15) is 0 Å². The first kappa shape index (κ1) is 12.8. The molecule has 0 aliphatic rings. The van der Waals surface area contributed by atoms with Crippen LogP contribution in [0.25, 0.3) is 0 Å². The molecule has 0 aliphatic carbocycles. The number of phenolic OH excluding ortho intramolecular Hbond substituents is 2. The monoisotopic (exact) mass is 227 g/mol. The second-order valence-electron chi connectivity index (χ2n) is 3.53. The highest BCUT2D eigenvalue weighted by Gasteiger charge is 2.08. The number of hydrogen-bond donors (Lipinski definition) is 4. The Morgan fingerprint density at radius 2 is 2.12 bits per heavy atom. The number of aliphatic hydroxyl groups is 1. The zero-order chi connectivity index (χ0) is 12.0. The van der Waals surface area contributed by atoms with Crippen LogP contribution in [0.5, 0.6) is 11.5 Å². The number of phenols is 2. The minimum Gasteiger partial charge on any atom is -0.508 e. The molecule has 5 nitrogen and oxygen atoms in total. The number of nitrogens with one attached hydrogen (secondary N) is 1. The molecule has 16 heavy (non-hydrogen) atoms. The molecule has 0 bridgehead atoms. The van der Waals surface area contributed by atoms with Crippen LogP contribution in [0.4, 0.5) is 0 Å². The van der Waals surface area contributed by atoms with Gasteiger partial charge in [0.05, 0.1) is 19.3 Å². The Labute approximate surface area is 94.3 Å². The van der Waals surface area contributed by atoms with Gasteiger partial charge in [0.2, 0.25) is 0 Å². The Morgan fingerprint density at radius 1 is 1.38 bits per heavy atom. The van der Waals surface area contributed by atoms with Crippen molar-refractivity contribution in [2.24, 2.45) is 0 Å². The molecule has 0 saturated heterocycles. The van der Waals surface area contributed by atoms with Crippen LogP contribution in [0.15, 0.2) is 18.2 Å². The average Bonchev–Trinajstić information content (AvgIpc) is 2.26. The number of hydrogen-bond acceptors (Lipinski definition) is 5. The molecule has 1 atom stereocenters. The molecule has 1 unspecified atom stereocenters. The number of methoxy groups -OCH3 is 1. The van der Waals surface area contributed by atoms with E-state index in [2.05, 4.69) is 5.32 Å². The molecule has 0 fully saturated rings. The zero-order valence-corrected chi connectivity index (χ0v) is 9.18. The van der Waals surface area contributed by atoms with Crippen molar-refractivity contribution in [3.63, 3.8) is 0 Å². The van der Waals surface area contributed by atoms with Crippen LogP contribution >= 0.6 is 0 Å². The van der Waals surface area contributed by atoms with Crippen molar-refractivity contribution >= 4 is 0 Å². The van der Waals surface area contributed by atoms with E-state index in [1.54, 1.807) is 13.2 Å². The van der Waals surface area contributed by atoms with Gasteiger partial charge in [0.1, 0.15) is 11.5 Å². The quantitative estimate of drug-likeness (QED) is 0.558. The molecule has 0 saturated carbocycles. The molecule has 1 rings (SSSR count). The molecule has 0 amide bonds. The van der Waals surface area contributed by atoms with Gasteiger partial charge >= 0.3 is 0 Å². The third-order valence-electron chi connectivity index (χ3n) is 2.24. The highest BCUT2D eigenvalue weighted by Crippen LogP contribution is 2.22. The fraction of sp³-hybridized carbons (Fsp3) is 0.455. The van der Waals surface area contributed by atoms with Crippen molar-refractivity contribution in [1.29, 1.82) is 0 Å². The molecule has 1 aromatic rings. The van der Waals surface area contributed by atoms with Gasteiger partial charge in [-0.3, -0.25) is 0 Å². The van der Waals surface area contributed by atoms with E-state index >= 15 is 0 Å². The number of ether oxygens (including phenoxy) is 1. The minimum absolute atomic E-state index is 0.0249. The van der Waals surface area contributed by atoms with E-state index in [1.165, 1.54) is 12.1 Å². The van der Waals surface area contributed by atoms with E-state index in [1.807, 2.05) is 0 Å². The largest absolute Gasteiger partial charge is 0.508 e. The molecule has 4 N–H and O–H groups in total. The molecule has 90 valence electrons. The van der Waals surface area contributed by atoms with Crippen molar-refractivity contribution in [1.82, 2.24) is 5.32 Å². The second kappa shape index (κ2) is 6.32. The van der Waals surface area contributed by atoms with Crippen molar-refractivity contribution in [3.8, 4) is 11.5 Å². The molecule has 5 heteroatoms. The number of benzene rings is 1. The molecular weight excluding hydrogens is 210 g/mol. The summed E-state index contributed by atoms with van der Waals surface area (Å²) in [6, 6.07) is 4.24. The average molecular weight is 227 g/mol. The van der Waals surface area contributed by atoms with Crippen LogP contribution in [-0.2, 0) is 11.3 Å². The Kier molecular flexibility index (Phi) is 5.04. The predicted molar refractivity (Wildman–Crippen MR) is 59.4 cm³/mol. The molecule has 0 radical (unpaired) electrons. The summed E-state index contributed by atoms with van der Waals surface area (Å²) in [4.78, 5) is 0. The Balaban J connectivity index is 2.53. The maximum atomic E-state index is 9.51. The Hall–Kier alpha value is -1.30. The number of aliphatic hydroxyl groups excluding tert-OH is 1. The van der Waals surface area contributed by atoms with Gasteiger partial charge in [-0.1, -0.05) is 6.07 Å². The summed E-state index contributed by atoms with van der Waals surface area (Å²) in [7, 11) is 1.56. The molecular formula is C11H17NO4. The third-order valence-corrected chi connectivity index (χ3v) is 2.24. The van der Waals surface area contributed by atoms with Crippen LogP contribution in [-0.4, -0.2) is 41.7 Å². The SMILES string of the molecule is COCC(CO)NCc1ccc(O)cc1O. The van der Waals surface area contributed by atoms with Gasteiger partial charge in [0.15, 0.2) is 0 Å². The van der Waals surface area contributed by atoms with Crippen LogP contribution in [0.2, 0.25) is 0 Å². The first-order chi connectivity index (χ1) is 7.67. The maximum absolute atomic E-state index is 9.51. The lowest BCUT2D eigenvalue weighted by Gasteiger charge is -2.15. The van der Waals surface area contributed by atoms with Crippen LogP contribution in [0.3, 0.4) is 0 Å². The lowest BCUT2D eigenvalue weighted by molar-refractivity contribution is 0.128. The number of rotatable bonds is 6. The summed E-state index contributed by atoms with van der Waals surface area (Å²) in [6.07, 6.45) is 0. The summed E-state index contributed by atoms with van der Waals surface area (Å²) in [6.45, 7) is 0.767. The minimum atomic E-state index is -0.168. The highest BCUT2D eigenvalue weighted by molar-refractivity contribution is 5.38. The lowest BCUT2D eigenvalue weighted by atomic mass is 10.2. The van der Waals surface area contributed by atoms with Gasteiger partial charge in [0, 0.05) is 25.3 Å². The first-order valence-corrected chi connectivity index (χ1v) is 5.01. The van der Waals surface area contributed by atoms with Gasteiger partial charge in [-0.25, -0.2) is 0 Å². The fourth-order valence-corrected chi connectivity index (χ4v) is 1.33. The summed E-state index contributed by atoms with van der Waals surface area (Å²) in [5.41, 5.74) is 0.660. The van der Waals surface area contributed by atoms with E-state index < -0.39 is 0 Å². The molecule has 0 heterocycles. The van der Waals surface area contributed by atoms with Crippen LogP contribution < -0.4 is 5.32 Å². The Bertz CT molecular complexity index is 330. The summed E-state index contributed by atoms with van der Waals surface area (Å²) in [5.74, 6) is 0.0541. The fourth-order valence-electron chi connectivity index (χ4n) is 1.33. The van der Waals surface area contributed by atoms with E-state index in [0.717, 1.165) is 0 Å². The standard InChI is InChI=1S/C11H17NO4/c1-16-7-9(6-13)12-5-8-2-3-10(14)4-11(8)15/h2-4,9,12-15H,5-7H2,1H3. The molecule has 1 aromatic carbocycles. The van der Waals surface area contributed by atoms with Crippen LogP contribution in [0.1, 0.15) is 5.56 Å². The van der Waals surface area contributed by atoms with Crippen molar-refractivity contribution < 1.29 is 20.1 Å². The predicted octanol–water partition coefficient (Wildman–Crippen LogP) is 0.195. The van der Waals surface area contributed by atoms with Crippen molar-refractivity contribution in [2.75, 3.05) is 20.3 Å². The summed E-state index contributed by atoms with van der Waals surface area (Å²) < 4.78 is 4.91. The smallest absolute Gasteiger partial charge is 0.123 e. The molecule has 0 aromatic heterocycles. The van der Waals surface area contributed by atoms with E-state index in [9.17, 15) is 5.11 Å². The summed E-state index contributed by atoms with van der Waals surface area (Å²) in [5, 5.41) is 30.7. The zero-order valence-electron chi connectivity index (χ0n) is 9.18. The lowest BCUT2D eigenvalue weighted by Crippen LogP contribution is -2.35. The maximum Gasteiger partial charge on any atom is 0.123 e. The Morgan fingerprint density at radius 3 is 2.69 bits per heavy atom. The first-order valence-electron chi connectivity index (χ1n) is 5.01. The van der Waals surface area contributed by atoms with Gasteiger partial charge in [-0.15, -0.1) is 0 Å². The van der Waals surface area contributed by atoms with E-state index in [0.29, 0.717) is 18.7 Å². The second-order valence-corrected chi connectivity index (χ2v) is 3.53. The molecule has 0 spiro atoms. The third kappa shape index (κ3) is 3.69. The number of aromatic hydroxyl groups is 2. The van der Waals surface area contributed by atoms with Gasteiger partial charge in [-0.05, 0) is 6.07 Å². The van der Waals surface area contributed by atoms with Crippen LogP contribution in [0, 0.1) is 0 Å². The summed E-state index contributed by atoms with van der Waals surface area (Å²) >= 11 is 0. The van der Waals surface area contributed by atoms with Gasteiger partial charge < -0.3 is 25.4 Å². The van der Waals surface area contributed by atoms with Gasteiger partial charge in [0.25, 0.3) is 0 Å².